The summed E-state index contributed by atoms with van der Waals surface area (Å²) in [6, 6.07) is 13.8. The monoisotopic (exact) mass is 470 g/mol. The second kappa shape index (κ2) is 11.7. The van der Waals surface area contributed by atoms with Gasteiger partial charge in [0.15, 0.2) is 0 Å². The smallest absolute Gasteiger partial charge is 0.264 e. The summed E-state index contributed by atoms with van der Waals surface area (Å²) < 4.78 is 5.38. The molecule has 4 rings (SSSR count). The van der Waals surface area contributed by atoms with Crippen molar-refractivity contribution in [3.05, 3.63) is 58.3 Å². The maximum Gasteiger partial charge on any atom is 0.264 e. The van der Waals surface area contributed by atoms with Crippen LogP contribution >= 0.6 is 11.3 Å². The number of ether oxygens (including phenoxy) is 1. The Kier molecular flexibility index (Phi) is 8.50. The summed E-state index contributed by atoms with van der Waals surface area (Å²) in [4.78, 5) is 33.9. The average molecular weight is 471 g/mol. The van der Waals surface area contributed by atoms with Crippen molar-refractivity contribution in [3.8, 4) is 0 Å². The number of carbonyl (C=O) groups excluding carboxylic acids is 2. The number of benzene rings is 1. The minimum atomic E-state index is -0.427. The fraction of sp³-hybridized carbons (Fsp3) is 0.520. The van der Waals surface area contributed by atoms with Crippen molar-refractivity contribution < 1.29 is 14.3 Å². The molecule has 3 heterocycles. The number of carbonyl (C=O) groups is 2. The van der Waals surface area contributed by atoms with Gasteiger partial charge in [-0.05, 0) is 36.4 Å². The van der Waals surface area contributed by atoms with Crippen LogP contribution in [0.15, 0.2) is 47.8 Å². The lowest BCUT2D eigenvalue weighted by atomic mass is 10.1. The van der Waals surface area contributed by atoms with E-state index in [-0.39, 0.29) is 17.9 Å². The standard InChI is InChI=1S/C25H34N4O3S/c1-32-15-14-28(18-20-7-3-2-4-8-20)21-17-22(24(30)27-12-6-10-26-11-13-27)29(19-21)25(31)23-9-5-16-33-23/h2-5,7-9,16,21-22,26H,6,10-15,17-19H2,1H3. The molecule has 0 spiro atoms. The minimum absolute atomic E-state index is 0.0369. The first-order valence-corrected chi connectivity index (χ1v) is 12.7. The molecule has 2 aliphatic heterocycles. The van der Waals surface area contributed by atoms with Crippen molar-refractivity contribution in [2.45, 2.75) is 31.5 Å². The minimum Gasteiger partial charge on any atom is -0.383 e. The molecule has 2 amide bonds. The van der Waals surface area contributed by atoms with Crippen LogP contribution < -0.4 is 5.32 Å². The van der Waals surface area contributed by atoms with Crippen LogP contribution in [0.25, 0.3) is 0 Å². The molecule has 33 heavy (non-hydrogen) atoms. The van der Waals surface area contributed by atoms with Gasteiger partial charge in [-0.2, -0.15) is 0 Å². The summed E-state index contributed by atoms with van der Waals surface area (Å²) in [5.41, 5.74) is 1.22. The predicted molar refractivity (Wildman–Crippen MR) is 130 cm³/mol. The zero-order chi connectivity index (χ0) is 23.0. The molecular formula is C25H34N4O3S. The van der Waals surface area contributed by atoms with E-state index < -0.39 is 6.04 Å². The normalized spacial score (nSPS) is 21.4. The Hall–Kier alpha value is -2.26. The third kappa shape index (κ3) is 6.00. The maximum absolute atomic E-state index is 13.6. The third-order valence-electron chi connectivity index (χ3n) is 6.54. The zero-order valence-electron chi connectivity index (χ0n) is 19.3. The molecule has 2 fully saturated rings. The Bertz CT molecular complexity index is 884. The number of thiophene rings is 1. The summed E-state index contributed by atoms with van der Waals surface area (Å²) in [5.74, 6) is 0.0442. The Balaban J connectivity index is 1.56. The van der Waals surface area contributed by atoms with Gasteiger partial charge in [0.05, 0.1) is 11.5 Å². The van der Waals surface area contributed by atoms with Crippen molar-refractivity contribution >= 4 is 23.2 Å². The number of likely N-dealkylation sites (tertiary alicyclic amines) is 1. The van der Waals surface area contributed by atoms with Gasteiger partial charge in [-0.15, -0.1) is 11.3 Å². The first-order chi connectivity index (χ1) is 16.2. The lowest BCUT2D eigenvalue weighted by Gasteiger charge is -2.29. The van der Waals surface area contributed by atoms with Gasteiger partial charge in [0.1, 0.15) is 6.04 Å². The number of nitrogens with one attached hydrogen (secondary N) is 1. The van der Waals surface area contributed by atoms with E-state index in [2.05, 4.69) is 22.3 Å². The molecule has 2 aromatic rings. The van der Waals surface area contributed by atoms with Crippen LogP contribution in [0.2, 0.25) is 0 Å². The molecular weight excluding hydrogens is 436 g/mol. The topological polar surface area (TPSA) is 65.1 Å². The van der Waals surface area contributed by atoms with Gasteiger partial charge in [-0.1, -0.05) is 36.4 Å². The first-order valence-electron chi connectivity index (χ1n) is 11.8. The number of hydrogen-bond donors (Lipinski definition) is 1. The molecule has 8 heteroatoms. The molecule has 0 radical (unpaired) electrons. The van der Waals surface area contributed by atoms with Crippen LogP contribution in [0.4, 0.5) is 0 Å². The van der Waals surface area contributed by atoms with E-state index in [1.54, 1.807) is 7.11 Å². The number of methoxy groups -OCH3 is 1. The van der Waals surface area contributed by atoms with E-state index in [9.17, 15) is 9.59 Å². The summed E-state index contributed by atoms with van der Waals surface area (Å²) in [7, 11) is 1.71. The second-order valence-electron chi connectivity index (χ2n) is 8.72. The van der Waals surface area contributed by atoms with Gasteiger partial charge in [0, 0.05) is 52.4 Å². The molecule has 1 aromatic carbocycles. The first kappa shape index (κ1) is 23.9. The molecule has 2 saturated heterocycles. The third-order valence-corrected chi connectivity index (χ3v) is 7.39. The van der Waals surface area contributed by atoms with Gasteiger partial charge in [-0.25, -0.2) is 0 Å². The lowest BCUT2D eigenvalue weighted by Crippen LogP contribution is -2.48. The van der Waals surface area contributed by atoms with Crippen molar-refractivity contribution in [2.24, 2.45) is 0 Å². The van der Waals surface area contributed by atoms with Gasteiger partial charge >= 0.3 is 0 Å². The molecule has 2 atom stereocenters. The van der Waals surface area contributed by atoms with Crippen molar-refractivity contribution in [2.75, 3.05) is 53.0 Å². The molecule has 7 nitrogen and oxygen atoms in total. The highest BCUT2D eigenvalue weighted by Gasteiger charge is 2.43. The highest BCUT2D eigenvalue weighted by Crippen LogP contribution is 2.28. The van der Waals surface area contributed by atoms with Gasteiger partial charge in [0.25, 0.3) is 5.91 Å². The van der Waals surface area contributed by atoms with Gasteiger partial charge in [0.2, 0.25) is 5.91 Å². The van der Waals surface area contributed by atoms with Crippen LogP contribution in [0.3, 0.4) is 0 Å². The average Bonchev–Trinajstić information content (AvgIpc) is 3.46. The van der Waals surface area contributed by atoms with E-state index in [1.165, 1.54) is 16.9 Å². The molecule has 0 aliphatic carbocycles. The molecule has 0 bridgehead atoms. The predicted octanol–water partition coefficient (Wildman–Crippen LogP) is 2.30. The van der Waals surface area contributed by atoms with E-state index in [0.29, 0.717) is 31.0 Å². The zero-order valence-corrected chi connectivity index (χ0v) is 20.1. The molecule has 1 N–H and O–H groups in total. The Morgan fingerprint density at radius 2 is 2.00 bits per heavy atom. The van der Waals surface area contributed by atoms with Crippen LogP contribution in [0, 0.1) is 0 Å². The maximum atomic E-state index is 13.6. The van der Waals surface area contributed by atoms with Crippen LogP contribution in [0.1, 0.15) is 28.1 Å². The number of nitrogens with zero attached hydrogens (tertiary/aromatic N) is 3. The van der Waals surface area contributed by atoms with Crippen molar-refractivity contribution in [1.82, 2.24) is 20.0 Å². The Labute approximate surface area is 200 Å². The van der Waals surface area contributed by atoms with Crippen molar-refractivity contribution in [1.29, 1.82) is 0 Å². The quantitative estimate of drug-likeness (QED) is 0.642. The SMILES string of the molecule is COCCN(Cc1ccccc1)C1CC(C(=O)N2CCCNCC2)N(C(=O)c2cccs2)C1. The number of hydrogen-bond acceptors (Lipinski definition) is 6. The van der Waals surface area contributed by atoms with Gasteiger partial charge < -0.3 is 19.9 Å². The Morgan fingerprint density at radius 3 is 2.76 bits per heavy atom. The fourth-order valence-corrected chi connectivity index (χ4v) is 5.45. The second-order valence-corrected chi connectivity index (χ2v) is 9.67. The molecule has 0 saturated carbocycles. The van der Waals surface area contributed by atoms with E-state index >= 15 is 0 Å². The summed E-state index contributed by atoms with van der Waals surface area (Å²) in [6.45, 7) is 5.85. The van der Waals surface area contributed by atoms with Crippen molar-refractivity contribution in [3.63, 3.8) is 0 Å². The molecule has 178 valence electrons. The largest absolute Gasteiger partial charge is 0.383 e. The van der Waals surface area contributed by atoms with E-state index in [0.717, 1.165) is 39.1 Å². The highest BCUT2D eigenvalue weighted by molar-refractivity contribution is 7.12. The van der Waals surface area contributed by atoms with Gasteiger partial charge in [-0.3, -0.25) is 14.5 Å². The molecule has 2 unspecified atom stereocenters. The summed E-state index contributed by atoms with van der Waals surface area (Å²) in [6.07, 6.45) is 1.59. The number of rotatable bonds is 8. The molecule has 2 aliphatic rings. The van der Waals surface area contributed by atoms with E-state index in [1.807, 2.05) is 45.5 Å². The van der Waals surface area contributed by atoms with Crippen LogP contribution in [-0.2, 0) is 16.1 Å². The highest BCUT2D eigenvalue weighted by atomic mass is 32.1. The fourth-order valence-electron chi connectivity index (χ4n) is 4.77. The summed E-state index contributed by atoms with van der Waals surface area (Å²) in [5, 5.41) is 5.28. The lowest BCUT2D eigenvalue weighted by molar-refractivity contribution is -0.135. The van der Waals surface area contributed by atoms with E-state index in [4.69, 9.17) is 4.74 Å². The van der Waals surface area contributed by atoms with Crippen LogP contribution in [0.5, 0.6) is 0 Å². The molecule has 1 aromatic heterocycles. The number of amides is 2. The van der Waals surface area contributed by atoms with Crippen LogP contribution in [-0.4, -0.2) is 91.6 Å². The summed E-state index contributed by atoms with van der Waals surface area (Å²) >= 11 is 1.44. The Morgan fingerprint density at radius 1 is 1.15 bits per heavy atom.